The molecule has 0 heterocycles. The molecule has 1 amide bonds. The van der Waals surface area contributed by atoms with Gasteiger partial charge in [0.05, 0.1) is 5.56 Å². The first kappa shape index (κ1) is 14.0. The molecule has 0 aliphatic rings. The maximum Gasteiger partial charge on any atom is 0.338 e. The van der Waals surface area contributed by atoms with Crippen LogP contribution in [0.25, 0.3) is 0 Å². The first-order valence-corrected chi connectivity index (χ1v) is 5.66. The number of hydrogen-bond donors (Lipinski definition) is 1. The van der Waals surface area contributed by atoms with Gasteiger partial charge in [-0.2, -0.15) is 0 Å². The van der Waals surface area contributed by atoms with Gasteiger partial charge in [0, 0.05) is 6.54 Å². The number of carbonyl (C=O) groups is 2. The first-order chi connectivity index (χ1) is 8.54. The number of benzene rings is 1. The summed E-state index contributed by atoms with van der Waals surface area (Å²) >= 11 is 0. The maximum atomic E-state index is 11.7. The van der Waals surface area contributed by atoms with Crippen LogP contribution in [0.4, 0.5) is 0 Å². The van der Waals surface area contributed by atoms with E-state index in [9.17, 15) is 9.59 Å². The molecule has 0 fully saturated rings. The Bertz CT molecular complexity index is 466. The highest BCUT2D eigenvalue weighted by Gasteiger charge is 2.10. The van der Waals surface area contributed by atoms with E-state index in [-0.39, 0.29) is 12.5 Å². The minimum absolute atomic E-state index is 0.278. The first-order valence-electron chi connectivity index (χ1n) is 5.66. The zero-order valence-corrected chi connectivity index (χ0v) is 10.7. The third-order valence-electron chi connectivity index (χ3n) is 2.52. The van der Waals surface area contributed by atoms with Gasteiger partial charge < -0.3 is 10.1 Å². The molecule has 1 N–H and O–H groups in total. The Morgan fingerprint density at radius 1 is 1.33 bits per heavy atom. The molecule has 96 valence electrons. The molecular formula is C14H17NO3. The molecule has 1 aromatic rings. The van der Waals surface area contributed by atoms with Gasteiger partial charge in [0.15, 0.2) is 6.61 Å². The average molecular weight is 247 g/mol. The highest BCUT2D eigenvalue weighted by molar-refractivity contribution is 5.91. The second-order valence-corrected chi connectivity index (χ2v) is 3.97. The summed E-state index contributed by atoms with van der Waals surface area (Å²) in [6.07, 6.45) is 1.56. The molecule has 4 nitrogen and oxygen atoms in total. The molecule has 1 aromatic carbocycles. The summed E-state index contributed by atoms with van der Waals surface area (Å²) in [6, 6.07) is 5.29. The third kappa shape index (κ3) is 4.05. The fourth-order valence-corrected chi connectivity index (χ4v) is 1.32. The van der Waals surface area contributed by atoms with Crippen molar-refractivity contribution in [3.05, 3.63) is 47.5 Å². The molecule has 18 heavy (non-hydrogen) atoms. The minimum Gasteiger partial charge on any atom is -0.452 e. The number of esters is 1. The zero-order valence-electron chi connectivity index (χ0n) is 10.7. The van der Waals surface area contributed by atoms with Gasteiger partial charge >= 0.3 is 5.97 Å². The summed E-state index contributed by atoms with van der Waals surface area (Å²) in [5, 5.41) is 2.53. The Hall–Kier alpha value is -2.10. The van der Waals surface area contributed by atoms with E-state index < -0.39 is 5.97 Å². The van der Waals surface area contributed by atoms with Crippen LogP contribution in [-0.2, 0) is 9.53 Å². The predicted molar refractivity (Wildman–Crippen MR) is 69.4 cm³/mol. The molecule has 0 spiro atoms. The van der Waals surface area contributed by atoms with Crippen molar-refractivity contribution in [3.63, 3.8) is 0 Å². The fourth-order valence-electron chi connectivity index (χ4n) is 1.32. The number of amides is 1. The van der Waals surface area contributed by atoms with Crippen molar-refractivity contribution in [3.8, 4) is 0 Å². The average Bonchev–Trinajstić information content (AvgIpc) is 2.36. The van der Waals surface area contributed by atoms with E-state index in [0.29, 0.717) is 12.1 Å². The molecule has 0 unspecified atom stereocenters. The molecule has 0 radical (unpaired) electrons. The number of nitrogens with one attached hydrogen (secondary N) is 1. The monoisotopic (exact) mass is 247 g/mol. The van der Waals surface area contributed by atoms with Crippen molar-refractivity contribution in [2.75, 3.05) is 13.2 Å². The number of aryl methyl sites for hydroxylation is 2. The Kier molecular flexibility index (Phi) is 5.11. The van der Waals surface area contributed by atoms with Crippen molar-refractivity contribution in [1.82, 2.24) is 5.32 Å². The van der Waals surface area contributed by atoms with Crippen LogP contribution in [0.2, 0.25) is 0 Å². The lowest BCUT2D eigenvalue weighted by Gasteiger charge is -2.06. The van der Waals surface area contributed by atoms with Crippen molar-refractivity contribution in [2.24, 2.45) is 0 Å². The van der Waals surface area contributed by atoms with Gasteiger partial charge in [0.2, 0.25) is 0 Å². The summed E-state index contributed by atoms with van der Waals surface area (Å²) < 4.78 is 4.90. The molecule has 0 bridgehead atoms. The Labute approximate surface area is 107 Å². The summed E-state index contributed by atoms with van der Waals surface area (Å²) in [6.45, 7) is 7.44. The SMILES string of the molecule is C=CCNC(=O)COC(=O)c1ccc(C)c(C)c1. The van der Waals surface area contributed by atoms with E-state index in [4.69, 9.17) is 4.74 Å². The lowest BCUT2D eigenvalue weighted by molar-refractivity contribution is -0.124. The van der Waals surface area contributed by atoms with E-state index in [0.717, 1.165) is 11.1 Å². The summed E-state index contributed by atoms with van der Waals surface area (Å²) in [5.74, 6) is -0.834. The molecular weight excluding hydrogens is 230 g/mol. The summed E-state index contributed by atoms with van der Waals surface area (Å²) in [7, 11) is 0. The van der Waals surface area contributed by atoms with Crippen molar-refractivity contribution in [2.45, 2.75) is 13.8 Å². The zero-order chi connectivity index (χ0) is 13.5. The van der Waals surface area contributed by atoms with Crippen molar-refractivity contribution >= 4 is 11.9 Å². The Balaban J connectivity index is 2.52. The van der Waals surface area contributed by atoms with E-state index in [1.54, 1.807) is 18.2 Å². The van der Waals surface area contributed by atoms with Crippen LogP contribution in [0.1, 0.15) is 21.5 Å². The molecule has 1 rings (SSSR count). The van der Waals surface area contributed by atoms with Gasteiger partial charge in [0.1, 0.15) is 0 Å². The summed E-state index contributed by atoms with van der Waals surface area (Å²) in [4.78, 5) is 22.9. The second kappa shape index (κ2) is 6.59. The van der Waals surface area contributed by atoms with Crippen molar-refractivity contribution in [1.29, 1.82) is 0 Å². The van der Waals surface area contributed by atoms with Crippen LogP contribution >= 0.6 is 0 Å². The Morgan fingerprint density at radius 3 is 2.67 bits per heavy atom. The molecule has 0 saturated carbocycles. The quantitative estimate of drug-likeness (QED) is 0.637. The van der Waals surface area contributed by atoms with Crippen LogP contribution in [-0.4, -0.2) is 25.0 Å². The highest BCUT2D eigenvalue weighted by atomic mass is 16.5. The Morgan fingerprint density at radius 2 is 2.06 bits per heavy atom. The van der Waals surface area contributed by atoms with Gasteiger partial charge in [-0.05, 0) is 37.1 Å². The van der Waals surface area contributed by atoms with Crippen LogP contribution in [0, 0.1) is 13.8 Å². The van der Waals surface area contributed by atoms with Crippen molar-refractivity contribution < 1.29 is 14.3 Å². The molecule has 0 aromatic heterocycles. The minimum atomic E-state index is -0.494. The van der Waals surface area contributed by atoms with Gasteiger partial charge in [-0.3, -0.25) is 4.79 Å². The second-order valence-electron chi connectivity index (χ2n) is 3.97. The standard InChI is InChI=1S/C14H17NO3/c1-4-7-15-13(16)9-18-14(17)12-6-5-10(2)11(3)8-12/h4-6,8H,1,7,9H2,2-3H3,(H,15,16). The topological polar surface area (TPSA) is 55.4 Å². The fraction of sp³-hybridized carbons (Fsp3) is 0.286. The number of rotatable bonds is 5. The van der Waals surface area contributed by atoms with Crippen LogP contribution < -0.4 is 5.32 Å². The van der Waals surface area contributed by atoms with E-state index >= 15 is 0 Å². The van der Waals surface area contributed by atoms with Crippen LogP contribution in [0.15, 0.2) is 30.9 Å². The van der Waals surface area contributed by atoms with E-state index in [2.05, 4.69) is 11.9 Å². The van der Waals surface area contributed by atoms with Gasteiger partial charge in [0.25, 0.3) is 5.91 Å². The molecule has 4 heteroatoms. The highest BCUT2D eigenvalue weighted by Crippen LogP contribution is 2.10. The van der Waals surface area contributed by atoms with Crippen LogP contribution in [0.5, 0.6) is 0 Å². The number of carbonyl (C=O) groups excluding carboxylic acids is 2. The molecule has 0 aliphatic carbocycles. The third-order valence-corrected chi connectivity index (χ3v) is 2.52. The lowest BCUT2D eigenvalue weighted by atomic mass is 10.1. The summed E-state index contributed by atoms with van der Waals surface area (Å²) in [5.41, 5.74) is 2.57. The van der Waals surface area contributed by atoms with E-state index in [1.165, 1.54) is 0 Å². The predicted octanol–water partition coefficient (Wildman–Crippen LogP) is 1.76. The normalized spacial score (nSPS) is 9.67. The molecule has 0 aliphatic heterocycles. The van der Waals surface area contributed by atoms with E-state index in [1.807, 2.05) is 19.9 Å². The lowest BCUT2D eigenvalue weighted by Crippen LogP contribution is -2.28. The molecule has 0 atom stereocenters. The number of ether oxygens (including phenoxy) is 1. The van der Waals surface area contributed by atoms with Crippen LogP contribution in [0.3, 0.4) is 0 Å². The largest absolute Gasteiger partial charge is 0.452 e. The van der Waals surface area contributed by atoms with Gasteiger partial charge in [-0.15, -0.1) is 6.58 Å². The smallest absolute Gasteiger partial charge is 0.338 e. The molecule has 0 saturated heterocycles. The maximum absolute atomic E-state index is 11.7. The number of hydrogen-bond acceptors (Lipinski definition) is 3. The van der Waals surface area contributed by atoms with Gasteiger partial charge in [-0.1, -0.05) is 12.1 Å². The van der Waals surface area contributed by atoms with Gasteiger partial charge in [-0.25, -0.2) is 4.79 Å².